The fourth-order valence-corrected chi connectivity index (χ4v) is 3.75. The van der Waals surface area contributed by atoms with E-state index in [-0.39, 0.29) is 12.5 Å². The van der Waals surface area contributed by atoms with Crippen molar-refractivity contribution in [2.45, 2.75) is 32.9 Å². The first-order chi connectivity index (χ1) is 13.5. The summed E-state index contributed by atoms with van der Waals surface area (Å²) in [6.45, 7) is 6.23. The summed E-state index contributed by atoms with van der Waals surface area (Å²) in [7, 11) is 0. The number of aryl methyl sites for hydroxylation is 2. The molecule has 0 saturated carbocycles. The molecule has 0 fully saturated rings. The summed E-state index contributed by atoms with van der Waals surface area (Å²) in [6, 6.07) is 8.42. The van der Waals surface area contributed by atoms with Crippen molar-refractivity contribution >= 4 is 11.6 Å². The lowest BCUT2D eigenvalue weighted by molar-refractivity contribution is 0.0838. The molecule has 146 valence electrons. The minimum atomic E-state index is -0.629. The first kappa shape index (κ1) is 18.6. The second-order valence-electron chi connectivity index (χ2n) is 7.42. The molecule has 0 unspecified atom stereocenters. The highest BCUT2D eigenvalue weighted by atomic mass is 16.3. The number of fused-ring (bicyclic) bond motifs is 2. The van der Waals surface area contributed by atoms with E-state index in [0.717, 1.165) is 30.9 Å². The number of amides is 1. The normalized spacial score (nSPS) is 15.4. The Morgan fingerprint density at radius 1 is 1.29 bits per heavy atom. The predicted octanol–water partition coefficient (Wildman–Crippen LogP) is 1.50. The molecule has 3 aromatic rings. The van der Waals surface area contributed by atoms with Gasteiger partial charge in [0, 0.05) is 32.4 Å². The van der Waals surface area contributed by atoms with Crippen LogP contribution in [-0.4, -0.2) is 56.0 Å². The monoisotopic (exact) mass is 379 g/mol. The molecule has 0 saturated heterocycles. The lowest BCUT2D eigenvalue weighted by Crippen LogP contribution is -2.42. The van der Waals surface area contributed by atoms with Gasteiger partial charge >= 0.3 is 0 Å². The van der Waals surface area contributed by atoms with Crippen LogP contribution in [0.3, 0.4) is 0 Å². The molecular weight excluding hydrogens is 354 g/mol. The summed E-state index contributed by atoms with van der Waals surface area (Å²) < 4.78 is 1.86. The molecule has 2 N–H and O–H groups in total. The van der Waals surface area contributed by atoms with Gasteiger partial charge in [0.25, 0.3) is 5.91 Å². The van der Waals surface area contributed by atoms with E-state index >= 15 is 0 Å². The molecule has 7 nitrogen and oxygen atoms in total. The van der Waals surface area contributed by atoms with Gasteiger partial charge in [-0.25, -0.2) is 4.98 Å². The molecule has 1 aliphatic rings. The van der Waals surface area contributed by atoms with Gasteiger partial charge < -0.3 is 14.8 Å². The molecule has 1 aromatic carbocycles. The highest BCUT2D eigenvalue weighted by Gasteiger charge is 2.20. The number of rotatable bonds is 5. The highest BCUT2D eigenvalue weighted by Crippen LogP contribution is 2.18. The van der Waals surface area contributed by atoms with E-state index in [1.165, 1.54) is 11.1 Å². The van der Waals surface area contributed by atoms with Crippen molar-refractivity contribution in [1.29, 1.82) is 0 Å². The van der Waals surface area contributed by atoms with E-state index in [9.17, 15) is 9.90 Å². The average molecular weight is 379 g/mol. The molecule has 7 heteroatoms. The Balaban J connectivity index is 1.34. The van der Waals surface area contributed by atoms with Gasteiger partial charge in [-0.05, 0) is 31.4 Å². The van der Waals surface area contributed by atoms with Crippen molar-refractivity contribution in [3.63, 3.8) is 0 Å². The van der Waals surface area contributed by atoms with Gasteiger partial charge in [0.1, 0.15) is 5.69 Å². The molecular formula is C21H25N5O2. The van der Waals surface area contributed by atoms with E-state index in [0.29, 0.717) is 17.9 Å². The number of carbonyl (C=O) groups is 1. The topological polar surface area (TPSA) is 82.8 Å². The van der Waals surface area contributed by atoms with Crippen molar-refractivity contribution in [1.82, 2.24) is 24.6 Å². The Hall–Kier alpha value is -2.77. The minimum absolute atomic E-state index is 0.196. The van der Waals surface area contributed by atoms with E-state index in [4.69, 9.17) is 0 Å². The summed E-state index contributed by atoms with van der Waals surface area (Å²) in [5.41, 5.74) is 5.33. The van der Waals surface area contributed by atoms with Gasteiger partial charge in [-0.3, -0.25) is 14.7 Å². The number of nitrogens with one attached hydrogen (secondary N) is 1. The number of nitrogens with zero attached hydrogens (tertiary/aromatic N) is 4. The van der Waals surface area contributed by atoms with Crippen LogP contribution in [0.15, 0.2) is 36.7 Å². The van der Waals surface area contributed by atoms with Crippen molar-refractivity contribution in [3.05, 3.63) is 64.9 Å². The number of aliphatic hydroxyl groups is 1. The third kappa shape index (κ3) is 3.76. The number of β-amino-alcohol motifs (C(OH)–C–C–N with tert-alkyl or cyclic N) is 1. The molecule has 1 atom stereocenters. The molecule has 0 bridgehead atoms. The highest BCUT2D eigenvalue weighted by molar-refractivity contribution is 5.94. The average Bonchev–Trinajstić information content (AvgIpc) is 3.02. The quantitative estimate of drug-likeness (QED) is 0.702. The Bertz CT molecular complexity index is 1010. The van der Waals surface area contributed by atoms with E-state index in [2.05, 4.69) is 38.4 Å². The first-order valence-corrected chi connectivity index (χ1v) is 9.58. The van der Waals surface area contributed by atoms with Crippen molar-refractivity contribution in [2.24, 2.45) is 0 Å². The Morgan fingerprint density at radius 3 is 2.89 bits per heavy atom. The van der Waals surface area contributed by atoms with Crippen LogP contribution in [0.1, 0.15) is 33.0 Å². The van der Waals surface area contributed by atoms with Crippen LogP contribution in [0, 0.1) is 13.8 Å². The number of aliphatic hydroxyl groups excluding tert-OH is 1. The lowest BCUT2D eigenvalue weighted by atomic mass is 10.00. The third-order valence-electron chi connectivity index (χ3n) is 5.27. The molecule has 4 rings (SSSR count). The largest absolute Gasteiger partial charge is 0.390 e. The zero-order chi connectivity index (χ0) is 19.7. The fourth-order valence-electron chi connectivity index (χ4n) is 3.75. The van der Waals surface area contributed by atoms with E-state index < -0.39 is 6.10 Å². The van der Waals surface area contributed by atoms with Gasteiger partial charge in [-0.2, -0.15) is 0 Å². The maximum Gasteiger partial charge on any atom is 0.271 e. The summed E-state index contributed by atoms with van der Waals surface area (Å²) in [5, 5.41) is 13.2. The number of aromatic nitrogens is 3. The molecule has 28 heavy (non-hydrogen) atoms. The van der Waals surface area contributed by atoms with E-state index in [1.807, 2.05) is 30.5 Å². The number of benzene rings is 1. The third-order valence-corrected chi connectivity index (χ3v) is 5.27. The van der Waals surface area contributed by atoms with Crippen LogP contribution in [0.4, 0.5) is 0 Å². The molecule has 2 aromatic heterocycles. The van der Waals surface area contributed by atoms with Gasteiger partial charge in [0.05, 0.1) is 23.7 Å². The van der Waals surface area contributed by atoms with Gasteiger partial charge in [0.2, 0.25) is 0 Å². The van der Waals surface area contributed by atoms with Crippen molar-refractivity contribution in [2.75, 3.05) is 19.6 Å². The van der Waals surface area contributed by atoms with Gasteiger partial charge in [0.15, 0.2) is 5.65 Å². The predicted molar refractivity (Wildman–Crippen MR) is 106 cm³/mol. The number of imidazole rings is 1. The first-order valence-electron chi connectivity index (χ1n) is 9.58. The fraction of sp³-hybridized carbons (Fsp3) is 0.381. The van der Waals surface area contributed by atoms with Crippen molar-refractivity contribution < 1.29 is 9.90 Å². The smallest absolute Gasteiger partial charge is 0.271 e. The zero-order valence-corrected chi connectivity index (χ0v) is 16.2. The molecule has 1 aliphatic heterocycles. The molecule has 3 heterocycles. The SMILES string of the molecule is Cc1cn2c(C)c(C(=O)NC[C@H](O)CN3CCc4ccccc4C3)nc2cn1. The Labute approximate surface area is 164 Å². The summed E-state index contributed by atoms with van der Waals surface area (Å²) in [6.07, 6.45) is 3.87. The van der Waals surface area contributed by atoms with Crippen LogP contribution in [-0.2, 0) is 13.0 Å². The maximum absolute atomic E-state index is 12.5. The second kappa shape index (κ2) is 7.69. The van der Waals surface area contributed by atoms with Crippen LogP contribution in [0.5, 0.6) is 0 Å². The molecule has 0 spiro atoms. The Kier molecular flexibility index (Phi) is 5.11. The lowest BCUT2D eigenvalue weighted by Gasteiger charge is -2.30. The van der Waals surface area contributed by atoms with Crippen LogP contribution in [0.25, 0.3) is 5.65 Å². The van der Waals surface area contributed by atoms with E-state index in [1.54, 1.807) is 6.20 Å². The Morgan fingerprint density at radius 2 is 2.07 bits per heavy atom. The number of carbonyl (C=O) groups excluding carboxylic acids is 1. The van der Waals surface area contributed by atoms with Crippen LogP contribution < -0.4 is 5.32 Å². The number of hydrogen-bond acceptors (Lipinski definition) is 5. The molecule has 1 amide bonds. The summed E-state index contributed by atoms with van der Waals surface area (Å²) in [5.74, 6) is -0.276. The molecule has 0 radical (unpaired) electrons. The molecule has 0 aliphatic carbocycles. The van der Waals surface area contributed by atoms with Gasteiger partial charge in [-0.1, -0.05) is 24.3 Å². The van der Waals surface area contributed by atoms with Crippen LogP contribution >= 0.6 is 0 Å². The number of hydrogen-bond donors (Lipinski definition) is 2. The summed E-state index contributed by atoms with van der Waals surface area (Å²) >= 11 is 0. The summed E-state index contributed by atoms with van der Waals surface area (Å²) in [4.78, 5) is 23.4. The minimum Gasteiger partial charge on any atom is -0.390 e. The second-order valence-corrected chi connectivity index (χ2v) is 7.42. The standard InChI is InChI=1S/C21H25N5O2/c1-14-11-26-15(2)20(24-19(26)10-22-14)21(28)23-9-18(27)13-25-8-7-16-5-3-4-6-17(16)12-25/h3-6,10-11,18,27H,7-9,12-13H2,1-2H3,(H,23,28)/t18-/m0/s1. The zero-order valence-electron chi connectivity index (χ0n) is 16.2. The van der Waals surface area contributed by atoms with Crippen LogP contribution in [0.2, 0.25) is 0 Å². The maximum atomic E-state index is 12.5. The van der Waals surface area contributed by atoms with Gasteiger partial charge in [-0.15, -0.1) is 0 Å². The van der Waals surface area contributed by atoms with Crippen molar-refractivity contribution in [3.8, 4) is 0 Å².